The van der Waals surface area contributed by atoms with Crippen molar-refractivity contribution in [1.29, 1.82) is 0 Å². The first-order valence-electron chi connectivity index (χ1n) is 6.10. The van der Waals surface area contributed by atoms with Crippen LogP contribution in [0.1, 0.15) is 35.9 Å². The Labute approximate surface area is 115 Å². The van der Waals surface area contributed by atoms with Crippen molar-refractivity contribution in [3.63, 3.8) is 0 Å². The van der Waals surface area contributed by atoms with Gasteiger partial charge in [0.15, 0.2) is 0 Å². The summed E-state index contributed by atoms with van der Waals surface area (Å²) < 4.78 is 1.82. The van der Waals surface area contributed by atoms with E-state index in [0.717, 1.165) is 16.5 Å². The maximum atomic E-state index is 11.8. The van der Waals surface area contributed by atoms with Gasteiger partial charge in [0, 0.05) is 25.3 Å². The molecule has 102 valence electrons. The number of amides is 1. The fourth-order valence-corrected chi connectivity index (χ4v) is 2.43. The average Bonchev–Trinajstić information content (AvgIpc) is 2.95. The van der Waals surface area contributed by atoms with Gasteiger partial charge in [-0.3, -0.25) is 4.79 Å². The van der Waals surface area contributed by atoms with Crippen LogP contribution < -0.4 is 5.32 Å². The zero-order valence-corrected chi connectivity index (χ0v) is 12.1. The molecule has 0 aliphatic rings. The Hall–Kier alpha value is -1.76. The Morgan fingerprint density at radius 2 is 2.37 bits per heavy atom. The lowest BCUT2D eigenvalue weighted by Crippen LogP contribution is -2.27. The van der Waals surface area contributed by atoms with Crippen LogP contribution >= 0.6 is 11.3 Å². The predicted octanol–water partition coefficient (Wildman–Crippen LogP) is 1.39. The quantitative estimate of drug-likeness (QED) is 0.897. The Morgan fingerprint density at radius 3 is 2.95 bits per heavy atom. The van der Waals surface area contributed by atoms with E-state index in [4.69, 9.17) is 0 Å². The van der Waals surface area contributed by atoms with E-state index in [0.29, 0.717) is 12.8 Å². The van der Waals surface area contributed by atoms with Crippen molar-refractivity contribution in [2.75, 3.05) is 0 Å². The van der Waals surface area contributed by atoms with Crippen molar-refractivity contribution in [2.24, 2.45) is 7.05 Å². The van der Waals surface area contributed by atoms with Crippen LogP contribution in [0.15, 0.2) is 11.7 Å². The molecule has 0 aliphatic heterocycles. The van der Waals surface area contributed by atoms with Crippen LogP contribution in [0, 0.1) is 6.92 Å². The summed E-state index contributed by atoms with van der Waals surface area (Å²) in [4.78, 5) is 16.2. The van der Waals surface area contributed by atoms with E-state index in [1.165, 1.54) is 0 Å². The lowest BCUT2D eigenvalue weighted by molar-refractivity contribution is -0.121. The standard InChI is InChI=1S/C12H17N5OS/c1-8(10-6-19-9(2)15-10)14-12(18)5-4-11-16-13-7-17(11)3/h6-8H,4-5H2,1-3H3,(H,14,18). The molecular formula is C12H17N5OS. The SMILES string of the molecule is Cc1nc(C(C)NC(=O)CCc2nncn2C)cs1. The van der Waals surface area contributed by atoms with Crippen LogP contribution in [0.3, 0.4) is 0 Å². The van der Waals surface area contributed by atoms with Crippen molar-refractivity contribution in [3.05, 3.63) is 28.2 Å². The third-order valence-corrected chi connectivity index (χ3v) is 3.63. The summed E-state index contributed by atoms with van der Waals surface area (Å²) in [6, 6.07) is -0.0584. The van der Waals surface area contributed by atoms with Crippen LogP contribution in [0.2, 0.25) is 0 Å². The molecule has 1 N–H and O–H groups in total. The van der Waals surface area contributed by atoms with Gasteiger partial charge in [0.1, 0.15) is 12.2 Å². The molecule has 0 fully saturated rings. The molecule has 2 heterocycles. The summed E-state index contributed by atoms with van der Waals surface area (Å²) in [6.45, 7) is 3.89. The molecule has 2 rings (SSSR count). The number of carbonyl (C=O) groups excluding carboxylic acids is 1. The molecular weight excluding hydrogens is 262 g/mol. The lowest BCUT2D eigenvalue weighted by atomic mass is 10.2. The van der Waals surface area contributed by atoms with Crippen LogP contribution in [0.4, 0.5) is 0 Å². The van der Waals surface area contributed by atoms with Crippen molar-refractivity contribution in [3.8, 4) is 0 Å². The maximum Gasteiger partial charge on any atom is 0.220 e. The monoisotopic (exact) mass is 279 g/mol. The van der Waals surface area contributed by atoms with Gasteiger partial charge in [0.2, 0.25) is 5.91 Å². The van der Waals surface area contributed by atoms with Gasteiger partial charge >= 0.3 is 0 Å². The fourth-order valence-electron chi connectivity index (χ4n) is 1.73. The van der Waals surface area contributed by atoms with Gasteiger partial charge in [-0.15, -0.1) is 21.5 Å². The van der Waals surface area contributed by atoms with Crippen molar-refractivity contribution in [2.45, 2.75) is 32.7 Å². The normalized spacial score (nSPS) is 12.4. The summed E-state index contributed by atoms with van der Waals surface area (Å²) >= 11 is 1.59. The number of nitrogens with one attached hydrogen (secondary N) is 1. The summed E-state index contributed by atoms with van der Waals surface area (Å²) in [7, 11) is 1.87. The highest BCUT2D eigenvalue weighted by Gasteiger charge is 2.13. The third kappa shape index (κ3) is 3.60. The second-order valence-corrected chi connectivity index (χ2v) is 5.50. The number of hydrogen-bond acceptors (Lipinski definition) is 5. The fraction of sp³-hybridized carbons (Fsp3) is 0.500. The largest absolute Gasteiger partial charge is 0.348 e. The molecule has 6 nitrogen and oxygen atoms in total. The van der Waals surface area contributed by atoms with Gasteiger partial charge in [-0.2, -0.15) is 0 Å². The predicted molar refractivity (Wildman–Crippen MR) is 72.7 cm³/mol. The molecule has 2 aromatic rings. The topological polar surface area (TPSA) is 72.7 Å². The highest BCUT2D eigenvalue weighted by molar-refractivity contribution is 7.09. The molecule has 0 aliphatic carbocycles. The Balaban J connectivity index is 1.83. The number of hydrogen-bond donors (Lipinski definition) is 1. The minimum atomic E-state index is -0.0584. The van der Waals surface area contributed by atoms with Crippen LogP contribution in [-0.2, 0) is 18.3 Å². The van der Waals surface area contributed by atoms with E-state index in [9.17, 15) is 4.79 Å². The zero-order valence-electron chi connectivity index (χ0n) is 11.3. The van der Waals surface area contributed by atoms with Gasteiger partial charge in [-0.05, 0) is 13.8 Å². The average molecular weight is 279 g/mol. The van der Waals surface area contributed by atoms with Gasteiger partial charge in [-0.1, -0.05) is 0 Å². The molecule has 1 amide bonds. The highest BCUT2D eigenvalue weighted by Crippen LogP contribution is 2.15. The molecule has 0 saturated carbocycles. The minimum Gasteiger partial charge on any atom is -0.348 e. The third-order valence-electron chi connectivity index (χ3n) is 2.84. The van der Waals surface area contributed by atoms with Crippen molar-refractivity contribution in [1.82, 2.24) is 25.1 Å². The first-order valence-corrected chi connectivity index (χ1v) is 6.98. The Bertz CT molecular complexity index is 562. The lowest BCUT2D eigenvalue weighted by Gasteiger charge is -2.11. The maximum absolute atomic E-state index is 11.8. The van der Waals surface area contributed by atoms with Gasteiger partial charge in [0.25, 0.3) is 0 Å². The molecule has 1 unspecified atom stereocenters. The van der Waals surface area contributed by atoms with Gasteiger partial charge in [0.05, 0.1) is 16.7 Å². The van der Waals surface area contributed by atoms with Crippen LogP contribution in [0.5, 0.6) is 0 Å². The van der Waals surface area contributed by atoms with Crippen LogP contribution in [0.25, 0.3) is 0 Å². The number of thiazole rings is 1. The molecule has 0 bridgehead atoms. The Kier molecular flexibility index (Phi) is 4.26. The van der Waals surface area contributed by atoms with Crippen LogP contribution in [-0.4, -0.2) is 25.7 Å². The number of rotatable bonds is 5. The second kappa shape index (κ2) is 5.92. The summed E-state index contributed by atoms with van der Waals surface area (Å²) in [5.41, 5.74) is 0.912. The van der Waals surface area contributed by atoms with Crippen molar-refractivity contribution < 1.29 is 4.79 Å². The van der Waals surface area contributed by atoms with Gasteiger partial charge in [-0.25, -0.2) is 4.98 Å². The zero-order chi connectivity index (χ0) is 13.8. The van der Waals surface area contributed by atoms with E-state index >= 15 is 0 Å². The van der Waals surface area contributed by atoms with E-state index in [2.05, 4.69) is 20.5 Å². The first-order chi connectivity index (χ1) is 9.06. The molecule has 19 heavy (non-hydrogen) atoms. The summed E-state index contributed by atoms with van der Waals surface area (Å²) in [5.74, 6) is 0.813. The molecule has 1 atom stereocenters. The molecule has 7 heteroatoms. The first kappa shape index (κ1) is 13.7. The second-order valence-electron chi connectivity index (χ2n) is 4.44. The number of aryl methyl sites for hydroxylation is 3. The summed E-state index contributed by atoms with van der Waals surface area (Å²) in [5, 5.41) is 13.7. The highest BCUT2D eigenvalue weighted by atomic mass is 32.1. The smallest absolute Gasteiger partial charge is 0.220 e. The molecule has 0 spiro atoms. The van der Waals surface area contributed by atoms with E-state index in [-0.39, 0.29) is 11.9 Å². The molecule has 0 saturated heterocycles. The Morgan fingerprint density at radius 1 is 1.58 bits per heavy atom. The number of aromatic nitrogens is 4. The number of carbonyl (C=O) groups is 1. The van der Waals surface area contributed by atoms with Gasteiger partial charge < -0.3 is 9.88 Å². The number of nitrogens with zero attached hydrogens (tertiary/aromatic N) is 4. The summed E-state index contributed by atoms with van der Waals surface area (Å²) in [6.07, 6.45) is 2.62. The molecule has 0 radical (unpaired) electrons. The van der Waals surface area contributed by atoms with E-state index in [1.807, 2.05) is 30.8 Å². The van der Waals surface area contributed by atoms with E-state index < -0.39 is 0 Å². The van der Waals surface area contributed by atoms with E-state index in [1.54, 1.807) is 17.7 Å². The molecule has 0 aromatic carbocycles. The minimum absolute atomic E-state index is 0.00107. The molecule has 2 aromatic heterocycles. The van der Waals surface area contributed by atoms with Crippen molar-refractivity contribution >= 4 is 17.2 Å².